The number of esters is 1. The van der Waals surface area contributed by atoms with Crippen LogP contribution in [0.5, 0.6) is 5.75 Å². The Balaban J connectivity index is 1.57. The quantitative estimate of drug-likeness (QED) is 0.163. The Morgan fingerprint density at radius 1 is 1.10 bits per heavy atom. The van der Waals surface area contributed by atoms with Crippen molar-refractivity contribution < 1.29 is 24.1 Å². The summed E-state index contributed by atoms with van der Waals surface area (Å²) < 4.78 is 16.9. The molecule has 40 heavy (non-hydrogen) atoms. The number of benzene rings is 2. The van der Waals surface area contributed by atoms with Crippen molar-refractivity contribution in [3.05, 3.63) is 72.4 Å². The van der Waals surface area contributed by atoms with Gasteiger partial charge in [0.1, 0.15) is 12.4 Å². The van der Waals surface area contributed by atoms with Gasteiger partial charge >= 0.3 is 5.97 Å². The number of rotatable bonds is 17. The lowest BCUT2D eigenvalue weighted by molar-refractivity contribution is -0.148. The van der Waals surface area contributed by atoms with Crippen molar-refractivity contribution in [1.29, 1.82) is 0 Å². The van der Waals surface area contributed by atoms with E-state index in [0.29, 0.717) is 25.5 Å². The average molecular weight is 547 g/mol. The number of aliphatic hydroxyl groups excluding tert-OH is 1. The van der Waals surface area contributed by atoms with Crippen molar-refractivity contribution >= 4 is 29.0 Å². The molecule has 0 aliphatic carbocycles. The molecule has 0 radical (unpaired) electrons. The molecular formula is C33H42N2O5. The van der Waals surface area contributed by atoms with Crippen LogP contribution in [0.1, 0.15) is 43.5 Å². The van der Waals surface area contributed by atoms with E-state index >= 15 is 0 Å². The van der Waals surface area contributed by atoms with Crippen LogP contribution in [0.2, 0.25) is 0 Å². The van der Waals surface area contributed by atoms with E-state index in [2.05, 4.69) is 38.4 Å². The van der Waals surface area contributed by atoms with Gasteiger partial charge in [0.05, 0.1) is 31.0 Å². The summed E-state index contributed by atoms with van der Waals surface area (Å²) in [4.78, 5) is 17.0. The Hall–Kier alpha value is -3.52. The summed E-state index contributed by atoms with van der Waals surface area (Å²) in [6.07, 6.45) is 5.46. The molecule has 7 nitrogen and oxygen atoms in total. The molecule has 3 aromatic rings. The maximum atomic E-state index is 12.3. The first-order valence-electron chi connectivity index (χ1n) is 13.9. The molecule has 2 aromatic carbocycles. The highest BCUT2D eigenvalue weighted by Gasteiger charge is 2.26. The molecule has 0 atom stereocenters. The highest BCUT2D eigenvalue weighted by Crippen LogP contribution is 2.36. The van der Waals surface area contributed by atoms with E-state index in [1.807, 2.05) is 49.4 Å². The topological polar surface area (TPSA) is 89.9 Å². The number of aryl methyl sites for hydroxylation is 1. The third-order valence-electron chi connectivity index (χ3n) is 7.35. The fourth-order valence-corrected chi connectivity index (χ4v) is 4.75. The molecule has 0 bridgehead atoms. The molecule has 0 unspecified atom stereocenters. The summed E-state index contributed by atoms with van der Waals surface area (Å²) in [6, 6.07) is 13.9. The molecule has 0 aliphatic rings. The number of hydrogen-bond donors (Lipinski definition) is 2. The third kappa shape index (κ3) is 7.78. The van der Waals surface area contributed by atoms with Gasteiger partial charge in [0.25, 0.3) is 0 Å². The normalized spacial score (nSPS) is 11.4. The molecule has 1 heterocycles. The largest absolute Gasteiger partial charge is 0.482 e. The summed E-state index contributed by atoms with van der Waals surface area (Å²) in [6.45, 7) is 16.5. The maximum absolute atomic E-state index is 12.3. The van der Waals surface area contributed by atoms with E-state index in [-0.39, 0.29) is 25.2 Å². The molecule has 2 N–H and O–H groups in total. The molecular weight excluding hydrogens is 504 g/mol. The van der Waals surface area contributed by atoms with E-state index in [1.54, 1.807) is 6.08 Å². The Morgan fingerprint density at radius 3 is 2.55 bits per heavy atom. The molecule has 214 valence electrons. The van der Waals surface area contributed by atoms with Crippen LogP contribution in [0.4, 0.5) is 0 Å². The molecule has 1 aromatic heterocycles. The first-order valence-corrected chi connectivity index (χ1v) is 13.9. The fraction of sp³-hybridized carbons (Fsp3) is 0.394. The van der Waals surface area contributed by atoms with Gasteiger partial charge in [-0.3, -0.25) is 0 Å². The van der Waals surface area contributed by atoms with Crippen LogP contribution in [0, 0.1) is 12.3 Å². The lowest BCUT2D eigenvalue weighted by Crippen LogP contribution is -2.38. The van der Waals surface area contributed by atoms with Crippen molar-refractivity contribution in [2.24, 2.45) is 5.41 Å². The van der Waals surface area contributed by atoms with Crippen LogP contribution < -0.4 is 10.1 Å². The van der Waals surface area contributed by atoms with Gasteiger partial charge in [-0.1, -0.05) is 57.3 Å². The van der Waals surface area contributed by atoms with E-state index in [0.717, 1.165) is 58.2 Å². The first kappa shape index (κ1) is 31.0. The number of aromatic nitrogens is 1. The zero-order valence-electron chi connectivity index (χ0n) is 24.0. The molecule has 0 saturated heterocycles. The van der Waals surface area contributed by atoms with Gasteiger partial charge in [-0.25, -0.2) is 9.78 Å². The summed E-state index contributed by atoms with van der Waals surface area (Å²) >= 11 is 0. The summed E-state index contributed by atoms with van der Waals surface area (Å²) in [5.41, 5.74) is 5.51. The van der Waals surface area contributed by atoms with Crippen molar-refractivity contribution in [1.82, 2.24) is 10.3 Å². The van der Waals surface area contributed by atoms with Gasteiger partial charge < -0.3 is 24.6 Å². The van der Waals surface area contributed by atoms with Gasteiger partial charge in [-0.2, -0.15) is 0 Å². The Bertz CT molecular complexity index is 1300. The fourth-order valence-electron chi connectivity index (χ4n) is 4.75. The number of nitrogens with zero attached hydrogens (tertiary/aromatic N) is 1. The minimum absolute atomic E-state index is 0.00574. The second-order valence-corrected chi connectivity index (χ2v) is 9.86. The molecule has 0 saturated carbocycles. The van der Waals surface area contributed by atoms with Gasteiger partial charge in [0.2, 0.25) is 0 Å². The van der Waals surface area contributed by atoms with E-state index in [4.69, 9.17) is 24.3 Å². The number of pyridine rings is 1. The zero-order chi connectivity index (χ0) is 29.0. The van der Waals surface area contributed by atoms with Gasteiger partial charge in [-0.15, -0.1) is 0 Å². The van der Waals surface area contributed by atoms with E-state index in [1.165, 1.54) is 0 Å². The summed E-state index contributed by atoms with van der Waals surface area (Å²) in [7, 11) is 0. The number of carbonyl (C=O) groups is 1. The Kier molecular flexibility index (Phi) is 11.9. The Morgan fingerprint density at radius 2 is 1.88 bits per heavy atom. The second-order valence-electron chi connectivity index (χ2n) is 9.86. The zero-order valence-corrected chi connectivity index (χ0v) is 24.0. The maximum Gasteiger partial charge on any atom is 0.344 e. The summed E-state index contributed by atoms with van der Waals surface area (Å²) in [5, 5.41) is 13.3. The number of carbonyl (C=O) groups excluding carboxylic acids is 1. The number of ether oxygens (including phenoxy) is 3. The van der Waals surface area contributed by atoms with Crippen LogP contribution in [0.15, 0.2) is 55.6 Å². The SMILES string of the molecule is C=Cc1nc2ccccc2c(-c2ccc(OCC(=O)OCCOCC(CC)(CC)CNCCO)c(C)c2)c1C=C. The predicted octanol–water partition coefficient (Wildman–Crippen LogP) is 5.82. The third-order valence-corrected chi connectivity index (χ3v) is 7.35. The van der Waals surface area contributed by atoms with Gasteiger partial charge in [0, 0.05) is 35.0 Å². The van der Waals surface area contributed by atoms with Gasteiger partial charge in [-0.05, 0) is 55.2 Å². The number of hydrogen-bond acceptors (Lipinski definition) is 7. The minimum Gasteiger partial charge on any atom is -0.482 e. The molecule has 0 spiro atoms. The molecule has 0 amide bonds. The van der Waals surface area contributed by atoms with Crippen molar-refractivity contribution in [2.75, 3.05) is 46.1 Å². The van der Waals surface area contributed by atoms with Crippen molar-refractivity contribution in [3.8, 4) is 16.9 Å². The van der Waals surface area contributed by atoms with E-state index < -0.39 is 5.97 Å². The number of nitrogens with one attached hydrogen (secondary N) is 1. The lowest BCUT2D eigenvalue weighted by Gasteiger charge is -2.31. The van der Waals surface area contributed by atoms with Crippen molar-refractivity contribution in [3.63, 3.8) is 0 Å². The van der Waals surface area contributed by atoms with Crippen LogP contribution in [0.3, 0.4) is 0 Å². The number of para-hydroxylation sites is 1. The Labute approximate surface area is 237 Å². The molecule has 0 aliphatic heterocycles. The van der Waals surface area contributed by atoms with Crippen LogP contribution in [-0.2, 0) is 14.3 Å². The highest BCUT2D eigenvalue weighted by atomic mass is 16.6. The lowest BCUT2D eigenvalue weighted by atomic mass is 9.83. The average Bonchev–Trinajstić information content (AvgIpc) is 2.98. The minimum atomic E-state index is -0.446. The highest BCUT2D eigenvalue weighted by molar-refractivity contribution is 6.00. The first-order chi connectivity index (χ1) is 19.4. The van der Waals surface area contributed by atoms with Crippen LogP contribution in [-0.4, -0.2) is 62.2 Å². The van der Waals surface area contributed by atoms with Crippen molar-refractivity contribution in [2.45, 2.75) is 33.6 Å². The van der Waals surface area contributed by atoms with Crippen LogP contribution in [0.25, 0.3) is 34.2 Å². The number of aliphatic hydroxyl groups is 1. The second kappa shape index (κ2) is 15.3. The van der Waals surface area contributed by atoms with Gasteiger partial charge in [0.15, 0.2) is 6.61 Å². The standard InChI is InChI=1S/C33H42N2O5/c1-6-26-28(7-2)35-29-13-11-10-12-27(29)32(26)25-14-15-30(24(5)20-25)40-21-31(37)39-19-18-38-23-33(8-3,9-4)22-34-16-17-36/h6-7,10-15,20,34,36H,1-2,8-9,16-19,21-23H2,3-5H3. The monoisotopic (exact) mass is 546 g/mol. The van der Waals surface area contributed by atoms with Crippen LogP contribution >= 0.6 is 0 Å². The molecule has 0 fully saturated rings. The molecule has 3 rings (SSSR count). The molecule has 7 heteroatoms. The smallest absolute Gasteiger partial charge is 0.344 e. The number of fused-ring (bicyclic) bond motifs is 1. The van der Waals surface area contributed by atoms with E-state index in [9.17, 15) is 4.79 Å². The summed E-state index contributed by atoms with van der Waals surface area (Å²) in [5.74, 6) is 0.170. The predicted molar refractivity (Wildman–Crippen MR) is 162 cm³/mol.